The Kier molecular flexibility index (Phi) is 5.76. The number of allylic oxidation sites excluding steroid dienone is 1. The van der Waals surface area contributed by atoms with Crippen molar-refractivity contribution in [1.82, 2.24) is 15.2 Å². The van der Waals surface area contributed by atoms with Crippen LogP contribution in [0.2, 0.25) is 0 Å². The molecular weight excluding hydrogens is 414 g/mol. The van der Waals surface area contributed by atoms with Crippen molar-refractivity contribution >= 4 is 23.5 Å². The van der Waals surface area contributed by atoms with Crippen LogP contribution in [0.15, 0.2) is 12.3 Å². The quantitative estimate of drug-likeness (QED) is 0.362. The van der Waals surface area contributed by atoms with Crippen LogP contribution in [0.4, 0.5) is 5.82 Å². The first kappa shape index (κ1) is 21.5. The number of carbonyl (C=O) groups is 1. The molecule has 1 unspecified atom stereocenters. The molecule has 1 amide bonds. The number of carbonyl (C=O) groups excluding carboxylic acids is 1. The Morgan fingerprint density at radius 2 is 2.00 bits per heavy atom. The number of rotatable bonds is 8. The molecule has 3 saturated carbocycles. The molecule has 1 saturated heterocycles. The summed E-state index contributed by atoms with van der Waals surface area (Å²) in [5.41, 5.74) is 2.84. The molecule has 4 fully saturated rings. The van der Waals surface area contributed by atoms with Crippen LogP contribution in [-0.2, 0) is 4.79 Å². The average molecular weight is 444 g/mol. The molecule has 1 aliphatic heterocycles. The first-order valence-corrected chi connectivity index (χ1v) is 12.0. The number of hydrogen-bond acceptors (Lipinski definition) is 7. The van der Waals surface area contributed by atoms with E-state index < -0.39 is 0 Å². The van der Waals surface area contributed by atoms with Gasteiger partial charge in [-0.1, -0.05) is 0 Å². The van der Waals surface area contributed by atoms with E-state index >= 15 is 0 Å². The number of aromatic nitrogens is 1. The van der Waals surface area contributed by atoms with Crippen LogP contribution in [-0.4, -0.2) is 54.2 Å². The maximum Gasteiger partial charge on any atom is 0.226 e. The second-order valence-electron chi connectivity index (χ2n) is 9.62. The van der Waals surface area contributed by atoms with Crippen molar-refractivity contribution in [3.05, 3.63) is 29.1 Å². The standard InChI is InChI=1S/C25H29N7O/c26-7-8-29-14-20(13-28)21-11-19(12-27)24(30-23(21)17-3-4-17)31-9-10-32(25(33)18-5-6-18)22(15-31)16-1-2-16/h11,13-14,16-18,22,28-29H,1-6,8-10,15H2/b20-14+,28-13?. The lowest BCUT2D eigenvalue weighted by Crippen LogP contribution is -2.57. The zero-order valence-corrected chi connectivity index (χ0v) is 18.8. The molecule has 170 valence electrons. The highest BCUT2D eigenvalue weighted by molar-refractivity contribution is 6.09. The molecule has 1 aromatic heterocycles. The van der Waals surface area contributed by atoms with E-state index in [2.05, 4.69) is 21.2 Å². The van der Waals surface area contributed by atoms with Gasteiger partial charge in [0.25, 0.3) is 0 Å². The lowest BCUT2D eigenvalue weighted by molar-refractivity contribution is -0.135. The summed E-state index contributed by atoms with van der Waals surface area (Å²) >= 11 is 0. The molecule has 5 rings (SSSR count). The maximum atomic E-state index is 12.9. The van der Waals surface area contributed by atoms with Crippen molar-refractivity contribution < 1.29 is 4.79 Å². The van der Waals surface area contributed by atoms with Crippen LogP contribution < -0.4 is 10.2 Å². The van der Waals surface area contributed by atoms with Crippen molar-refractivity contribution in [2.24, 2.45) is 11.8 Å². The van der Waals surface area contributed by atoms with Gasteiger partial charge in [-0.15, -0.1) is 0 Å². The maximum absolute atomic E-state index is 12.9. The van der Waals surface area contributed by atoms with Gasteiger partial charge >= 0.3 is 0 Å². The summed E-state index contributed by atoms with van der Waals surface area (Å²) in [7, 11) is 0. The molecule has 4 aliphatic rings. The van der Waals surface area contributed by atoms with Crippen LogP contribution >= 0.6 is 0 Å². The minimum Gasteiger partial charge on any atom is -0.378 e. The first-order valence-electron chi connectivity index (χ1n) is 12.0. The average Bonchev–Trinajstić information content (AvgIpc) is 3.69. The Morgan fingerprint density at radius 1 is 1.21 bits per heavy atom. The van der Waals surface area contributed by atoms with Gasteiger partial charge in [-0.3, -0.25) is 4.79 Å². The fourth-order valence-electron chi connectivity index (χ4n) is 4.87. The second kappa shape index (κ2) is 8.86. The lowest BCUT2D eigenvalue weighted by atomic mass is 9.99. The van der Waals surface area contributed by atoms with Crippen molar-refractivity contribution in [2.75, 3.05) is 31.1 Å². The molecule has 1 atom stereocenters. The van der Waals surface area contributed by atoms with Crippen LogP contribution in [0.3, 0.4) is 0 Å². The van der Waals surface area contributed by atoms with E-state index in [1.807, 2.05) is 12.1 Å². The fraction of sp³-hybridized carbons (Fsp3) is 0.560. The normalized spacial score (nSPS) is 23.0. The summed E-state index contributed by atoms with van der Waals surface area (Å²) in [5, 5.41) is 29.6. The van der Waals surface area contributed by atoms with Gasteiger partial charge in [0.2, 0.25) is 5.91 Å². The summed E-state index contributed by atoms with van der Waals surface area (Å²) in [4.78, 5) is 22.2. The molecule has 33 heavy (non-hydrogen) atoms. The van der Waals surface area contributed by atoms with E-state index in [1.165, 1.54) is 19.1 Å². The minimum atomic E-state index is 0.152. The molecule has 8 heteroatoms. The highest BCUT2D eigenvalue weighted by atomic mass is 16.2. The number of hydrogen-bond donors (Lipinski definition) is 2. The van der Waals surface area contributed by atoms with Gasteiger partial charge in [-0.2, -0.15) is 10.5 Å². The third kappa shape index (κ3) is 4.43. The molecule has 2 heterocycles. The second-order valence-corrected chi connectivity index (χ2v) is 9.62. The Bertz CT molecular complexity index is 1070. The molecular formula is C25H29N7O. The smallest absolute Gasteiger partial charge is 0.226 e. The van der Waals surface area contributed by atoms with Gasteiger partial charge in [0.05, 0.1) is 23.4 Å². The number of nitrogens with zero attached hydrogens (tertiary/aromatic N) is 5. The summed E-state index contributed by atoms with van der Waals surface area (Å²) in [6.07, 6.45) is 9.39. The van der Waals surface area contributed by atoms with E-state index in [-0.39, 0.29) is 18.5 Å². The minimum absolute atomic E-state index is 0.152. The van der Waals surface area contributed by atoms with Crippen molar-refractivity contribution in [1.29, 1.82) is 15.9 Å². The fourth-order valence-corrected chi connectivity index (χ4v) is 4.87. The Labute approximate surface area is 194 Å². The topological polar surface area (TPSA) is 120 Å². The Hall–Kier alpha value is -3.39. The number of pyridine rings is 1. The molecule has 0 aromatic carbocycles. The number of amides is 1. The van der Waals surface area contributed by atoms with Gasteiger partial charge in [0.15, 0.2) is 0 Å². The summed E-state index contributed by atoms with van der Waals surface area (Å²) in [6.45, 7) is 2.25. The summed E-state index contributed by atoms with van der Waals surface area (Å²) in [5.74, 6) is 2.15. The van der Waals surface area contributed by atoms with E-state index in [9.17, 15) is 10.1 Å². The predicted molar refractivity (Wildman–Crippen MR) is 124 cm³/mol. The van der Waals surface area contributed by atoms with Crippen molar-refractivity contribution in [3.63, 3.8) is 0 Å². The molecule has 2 N–H and O–H groups in total. The molecule has 0 spiro atoms. The molecule has 8 nitrogen and oxygen atoms in total. The van der Waals surface area contributed by atoms with Crippen LogP contribution in [0.1, 0.15) is 61.3 Å². The monoisotopic (exact) mass is 443 g/mol. The van der Waals surface area contributed by atoms with Crippen LogP contribution in [0, 0.1) is 39.9 Å². The summed E-state index contributed by atoms with van der Waals surface area (Å²) < 4.78 is 0. The van der Waals surface area contributed by atoms with E-state index in [4.69, 9.17) is 15.7 Å². The number of nitrogens with one attached hydrogen (secondary N) is 2. The van der Waals surface area contributed by atoms with Crippen LogP contribution in [0.5, 0.6) is 0 Å². The van der Waals surface area contributed by atoms with Crippen LogP contribution in [0.25, 0.3) is 5.57 Å². The zero-order valence-electron chi connectivity index (χ0n) is 18.8. The third-order valence-corrected chi connectivity index (χ3v) is 7.12. The Balaban J connectivity index is 1.46. The van der Waals surface area contributed by atoms with Crippen molar-refractivity contribution in [2.45, 2.75) is 50.5 Å². The zero-order chi connectivity index (χ0) is 22.9. The molecule has 3 aliphatic carbocycles. The molecule has 0 bridgehead atoms. The number of anilines is 1. The van der Waals surface area contributed by atoms with E-state index in [1.54, 1.807) is 6.20 Å². The Morgan fingerprint density at radius 3 is 2.61 bits per heavy atom. The summed E-state index contributed by atoms with van der Waals surface area (Å²) in [6, 6.07) is 6.42. The largest absolute Gasteiger partial charge is 0.378 e. The number of piperazine rings is 1. The molecule has 1 aromatic rings. The predicted octanol–water partition coefficient (Wildman–Crippen LogP) is 2.77. The van der Waals surface area contributed by atoms with E-state index in [0.717, 1.165) is 43.5 Å². The highest BCUT2D eigenvalue weighted by Gasteiger charge is 2.45. The first-order chi connectivity index (χ1) is 16.1. The van der Waals surface area contributed by atoms with Gasteiger partial charge < -0.3 is 20.5 Å². The lowest BCUT2D eigenvalue weighted by Gasteiger charge is -2.43. The van der Waals surface area contributed by atoms with Crippen molar-refractivity contribution in [3.8, 4) is 12.1 Å². The number of nitriles is 2. The van der Waals surface area contributed by atoms with E-state index in [0.29, 0.717) is 47.8 Å². The third-order valence-electron chi connectivity index (χ3n) is 7.12. The van der Waals surface area contributed by atoms with Gasteiger partial charge in [-0.25, -0.2) is 4.98 Å². The van der Waals surface area contributed by atoms with Gasteiger partial charge in [0, 0.05) is 55.0 Å². The SMILES string of the molecule is N#CCN/C=C(\C=N)c1cc(C#N)c(N2CCN(C(=O)C3CC3)C(C3CC3)C2)nc1C1CC1. The highest BCUT2D eigenvalue weighted by Crippen LogP contribution is 2.44. The molecule has 0 radical (unpaired) electrons. The van der Waals surface area contributed by atoms with Gasteiger partial charge in [0.1, 0.15) is 18.4 Å². The van der Waals surface area contributed by atoms with Gasteiger partial charge in [-0.05, 0) is 50.5 Å².